The number of hydrogen-bond acceptors (Lipinski definition) is 3. The normalized spacial score (nSPS) is 17.3. The number of nitrogens with one attached hydrogen (secondary N) is 1. The molecular weight excluding hydrogens is 438 g/mol. The number of aromatic nitrogens is 1. The number of rotatable bonds is 5. The Kier molecular flexibility index (Phi) is 5.90. The zero-order valence-electron chi connectivity index (χ0n) is 15.4. The Morgan fingerprint density at radius 2 is 1.97 bits per heavy atom. The lowest BCUT2D eigenvalue weighted by molar-refractivity contribution is -0.150. The van der Waals surface area contributed by atoms with Gasteiger partial charge in [-0.3, -0.25) is 4.79 Å². The first-order chi connectivity index (χ1) is 13.9. The molecule has 2 heterocycles. The second-order valence-electron chi connectivity index (χ2n) is 6.84. The van der Waals surface area contributed by atoms with Crippen LogP contribution < -0.4 is 10.1 Å². The summed E-state index contributed by atoms with van der Waals surface area (Å²) in [5.74, 6) is -2.16. The molecule has 4 nitrogen and oxygen atoms in total. The van der Waals surface area contributed by atoms with Gasteiger partial charge in [0, 0.05) is 23.6 Å². The van der Waals surface area contributed by atoms with Crippen molar-refractivity contribution in [3.63, 3.8) is 0 Å². The highest BCUT2D eigenvalue weighted by atomic mass is 35.5. The lowest BCUT2D eigenvalue weighted by Gasteiger charge is -2.21. The molecule has 1 aliphatic heterocycles. The van der Waals surface area contributed by atoms with Gasteiger partial charge >= 0.3 is 12.4 Å². The Hall–Kier alpha value is -2.49. The molecule has 2 unspecified atom stereocenters. The average molecular weight is 453 g/mol. The Balaban J connectivity index is 2.17. The summed E-state index contributed by atoms with van der Waals surface area (Å²) in [6.07, 6.45) is -9.25. The van der Waals surface area contributed by atoms with Crippen LogP contribution in [0.15, 0.2) is 24.3 Å². The molecule has 0 bridgehead atoms. The highest BCUT2D eigenvalue weighted by Crippen LogP contribution is 2.45. The fourth-order valence-corrected chi connectivity index (χ4v) is 3.50. The number of carbonyl (C=O) groups is 1. The molecule has 2 atom stereocenters. The van der Waals surface area contributed by atoms with Crippen LogP contribution in [0.5, 0.6) is 5.75 Å². The number of benzene rings is 1. The summed E-state index contributed by atoms with van der Waals surface area (Å²) in [6.45, 7) is 1.19. The fourth-order valence-electron chi connectivity index (χ4n) is 3.21. The highest BCUT2D eigenvalue weighted by Gasteiger charge is 2.43. The van der Waals surface area contributed by atoms with E-state index in [9.17, 15) is 31.1 Å². The fraction of sp³-hybridized carbons (Fsp3) is 0.368. The van der Waals surface area contributed by atoms with Gasteiger partial charge in [0.05, 0.1) is 22.9 Å². The second kappa shape index (κ2) is 7.98. The van der Waals surface area contributed by atoms with E-state index < -0.39 is 35.4 Å². The molecule has 30 heavy (non-hydrogen) atoms. The molecule has 1 N–H and O–H groups in total. The molecule has 0 radical (unpaired) electrons. The lowest BCUT2D eigenvalue weighted by atomic mass is 9.95. The third-order valence-electron chi connectivity index (χ3n) is 4.74. The highest BCUT2D eigenvalue weighted by molar-refractivity contribution is 6.31. The quantitative estimate of drug-likeness (QED) is 0.494. The van der Waals surface area contributed by atoms with Crippen molar-refractivity contribution in [1.82, 2.24) is 10.3 Å². The molecule has 1 aliphatic rings. The van der Waals surface area contributed by atoms with Crippen LogP contribution in [-0.4, -0.2) is 30.7 Å². The van der Waals surface area contributed by atoms with Gasteiger partial charge in [0.25, 0.3) is 0 Å². The number of nitrogens with zero attached hydrogens (tertiary/aromatic N) is 1. The molecule has 11 heteroatoms. The van der Waals surface area contributed by atoms with E-state index in [1.807, 2.05) is 5.32 Å². The molecule has 0 aliphatic carbocycles. The zero-order chi connectivity index (χ0) is 22.3. The van der Waals surface area contributed by atoms with E-state index in [-0.39, 0.29) is 41.6 Å². The SMILES string of the molecule is CC1COc2c1cc(C(CNC=O)C(F)(F)F)nc2-c1ccc(C(F)(F)F)c(Cl)c1. The summed E-state index contributed by atoms with van der Waals surface area (Å²) in [5.41, 5.74) is -0.948. The molecular formula is C19H15ClF6N2O2. The second-order valence-corrected chi connectivity index (χ2v) is 7.25. The summed E-state index contributed by atoms with van der Waals surface area (Å²) >= 11 is 5.77. The minimum atomic E-state index is -4.71. The van der Waals surface area contributed by atoms with Crippen molar-refractivity contribution in [1.29, 1.82) is 0 Å². The Bertz CT molecular complexity index is 961. The molecule has 0 fully saturated rings. The first-order valence-electron chi connectivity index (χ1n) is 8.72. The number of fused-ring (bicyclic) bond motifs is 1. The smallest absolute Gasteiger partial charge is 0.417 e. The van der Waals surface area contributed by atoms with Crippen LogP contribution in [0.25, 0.3) is 11.3 Å². The van der Waals surface area contributed by atoms with Gasteiger partial charge in [-0.15, -0.1) is 0 Å². The number of ether oxygens (including phenoxy) is 1. The van der Waals surface area contributed by atoms with Crippen LogP contribution in [-0.2, 0) is 11.0 Å². The van der Waals surface area contributed by atoms with Crippen LogP contribution in [0.4, 0.5) is 26.3 Å². The van der Waals surface area contributed by atoms with Crippen molar-refractivity contribution in [2.24, 2.45) is 0 Å². The predicted molar refractivity (Wildman–Crippen MR) is 96.5 cm³/mol. The van der Waals surface area contributed by atoms with E-state index in [2.05, 4.69) is 4.98 Å². The van der Waals surface area contributed by atoms with E-state index in [1.165, 1.54) is 6.07 Å². The Morgan fingerprint density at radius 3 is 2.53 bits per heavy atom. The van der Waals surface area contributed by atoms with Gasteiger partial charge in [-0.05, 0) is 18.2 Å². The predicted octanol–water partition coefficient (Wildman–Crippen LogP) is 5.31. The molecule has 0 spiro atoms. The van der Waals surface area contributed by atoms with Gasteiger partial charge in [-0.2, -0.15) is 26.3 Å². The van der Waals surface area contributed by atoms with E-state index in [4.69, 9.17) is 16.3 Å². The van der Waals surface area contributed by atoms with Crippen molar-refractivity contribution in [3.05, 3.63) is 46.1 Å². The number of hydrogen-bond donors (Lipinski definition) is 1. The molecule has 3 rings (SSSR count). The summed E-state index contributed by atoms with van der Waals surface area (Å²) in [7, 11) is 0. The van der Waals surface area contributed by atoms with E-state index in [1.54, 1.807) is 6.92 Å². The standard InChI is InChI=1S/C19H15ClF6N2O2/c1-9-7-30-17-11(9)5-15(13(6-27-8-29)19(24,25)26)28-16(17)10-2-3-12(14(20)4-10)18(21,22)23/h2-5,8-9,13H,6-7H2,1H3,(H,27,29). The number of halogens is 7. The summed E-state index contributed by atoms with van der Waals surface area (Å²) in [5, 5.41) is 1.40. The zero-order valence-corrected chi connectivity index (χ0v) is 16.1. The maximum absolute atomic E-state index is 13.6. The van der Waals surface area contributed by atoms with Crippen LogP contribution in [0.3, 0.4) is 0 Å². The maximum atomic E-state index is 13.6. The van der Waals surface area contributed by atoms with Crippen molar-refractivity contribution >= 4 is 18.0 Å². The minimum absolute atomic E-state index is 0.0390. The first kappa shape index (κ1) is 22.2. The van der Waals surface area contributed by atoms with Gasteiger partial charge in [0.15, 0.2) is 0 Å². The van der Waals surface area contributed by atoms with Crippen molar-refractivity contribution in [2.75, 3.05) is 13.2 Å². The summed E-state index contributed by atoms with van der Waals surface area (Å²) in [4.78, 5) is 14.6. The monoisotopic (exact) mass is 452 g/mol. The van der Waals surface area contributed by atoms with E-state index in [0.717, 1.165) is 18.2 Å². The third kappa shape index (κ3) is 4.33. The Labute approximate surface area is 172 Å². The van der Waals surface area contributed by atoms with Crippen molar-refractivity contribution < 1.29 is 35.9 Å². The number of carbonyl (C=O) groups excluding carboxylic acids is 1. The van der Waals surface area contributed by atoms with Gasteiger partial charge < -0.3 is 10.1 Å². The molecule has 1 aromatic heterocycles. The average Bonchev–Trinajstić information content (AvgIpc) is 3.00. The molecule has 2 aromatic rings. The van der Waals surface area contributed by atoms with E-state index >= 15 is 0 Å². The minimum Gasteiger partial charge on any atom is -0.490 e. The maximum Gasteiger partial charge on any atom is 0.417 e. The topological polar surface area (TPSA) is 51.2 Å². The number of alkyl halides is 6. The molecule has 1 amide bonds. The van der Waals surface area contributed by atoms with Gasteiger partial charge in [-0.25, -0.2) is 4.98 Å². The molecule has 162 valence electrons. The number of amides is 1. The molecule has 1 aromatic carbocycles. The van der Waals surface area contributed by atoms with Crippen molar-refractivity contribution in [3.8, 4) is 17.0 Å². The summed E-state index contributed by atoms with van der Waals surface area (Å²) < 4.78 is 85.3. The first-order valence-corrected chi connectivity index (χ1v) is 9.09. The molecule has 0 saturated carbocycles. The number of pyridine rings is 1. The van der Waals surface area contributed by atoms with Crippen LogP contribution in [0.2, 0.25) is 5.02 Å². The van der Waals surface area contributed by atoms with Crippen LogP contribution >= 0.6 is 11.6 Å². The van der Waals surface area contributed by atoms with Gasteiger partial charge in [0.1, 0.15) is 17.4 Å². The third-order valence-corrected chi connectivity index (χ3v) is 5.05. The van der Waals surface area contributed by atoms with E-state index in [0.29, 0.717) is 5.56 Å². The lowest BCUT2D eigenvalue weighted by Crippen LogP contribution is -2.32. The van der Waals surface area contributed by atoms with Crippen molar-refractivity contribution in [2.45, 2.75) is 31.1 Å². The van der Waals surface area contributed by atoms with Gasteiger partial charge in [0.2, 0.25) is 6.41 Å². The molecule has 0 saturated heterocycles. The van der Waals surface area contributed by atoms with Gasteiger partial charge in [-0.1, -0.05) is 24.6 Å². The Morgan fingerprint density at radius 1 is 1.27 bits per heavy atom. The largest absolute Gasteiger partial charge is 0.490 e. The summed E-state index contributed by atoms with van der Waals surface area (Å²) in [6, 6.07) is 4.08. The van der Waals surface area contributed by atoms with Crippen LogP contribution in [0.1, 0.15) is 35.6 Å². The van der Waals surface area contributed by atoms with Crippen LogP contribution in [0, 0.1) is 0 Å².